The first-order chi connectivity index (χ1) is 9.52. The van der Waals surface area contributed by atoms with Gasteiger partial charge in [0.05, 0.1) is 22.6 Å². The van der Waals surface area contributed by atoms with Gasteiger partial charge in [-0.05, 0) is 41.6 Å². The van der Waals surface area contributed by atoms with Gasteiger partial charge in [-0.3, -0.25) is 10.1 Å². The Hall–Kier alpha value is -1.63. The van der Waals surface area contributed by atoms with Gasteiger partial charge in [0.2, 0.25) is 0 Å². The lowest BCUT2D eigenvalue weighted by atomic mass is 10.1. The molecule has 1 aromatic rings. The van der Waals surface area contributed by atoms with Crippen molar-refractivity contribution >= 4 is 27.6 Å². The molecule has 0 heterocycles. The number of halogens is 1. The molecule has 0 aliphatic heterocycles. The number of carbonyl (C=O) groups excluding carboxylic acids is 1. The molecule has 0 N–H and O–H groups in total. The van der Waals surface area contributed by atoms with Crippen LogP contribution in [0.5, 0.6) is 5.75 Å². The fraction of sp³-hybridized carbons (Fsp3) is 0.462. The van der Waals surface area contributed by atoms with Crippen LogP contribution in [0, 0.1) is 10.1 Å². The van der Waals surface area contributed by atoms with E-state index in [1.165, 1.54) is 19.2 Å². The van der Waals surface area contributed by atoms with Gasteiger partial charge in [0.15, 0.2) is 0 Å². The average Bonchev–Trinajstić information content (AvgIpc) is 2.92. The predicted octanol–water partition coefficient (Wildman–Crippen LogP) is 3.47. The van der Waals surface area contributed by atoms with E-state index in [0.717, 1.165) is 25.7 Å². The highest BCUT2D eigenvalue weighted by molar-refractivity contribution is 9.10. The van der Waals surface area contributed by atoms with Crippen molar-refractivity contribution in [1.29, 1.82) is 0 Å². The number of ether oxygens (including phenoxy) is 2. The van der Waals surface area contributed by atoms with Crippen molar-refractivity contribution in [2.75, 3.05) is 7.11 Å². The zero-order valence-electron chi connectivity index (χ0n) is 10.9. The van der Waals surface area contributed by atoms with Gasteiger partial charge in [0, 0.05) is 12.1 Å². The largest absolute Gasteiger partial charge is 0.489 e. The minimum Gasteiger partial charge on any atom is -0.489 e. The van der Waals surface area contributed by atoms with E-state index in [9.17, 15) is 14.9 Å². The predicted molar refractivity (Wildman–Crippen MR) is 75.0 cm³/mol. The molecule has 0 saturated heterocycles. The first-order valence-electron chi connectivity index (χ1n) is 6.26. The molecule has 2 rings (SSSR count). The molecule has 0 bridgehead atoms. The summed E-state index contributed by atoms with van der Waals surface area (Å²) in [7, 11) is 1.19. The van der Waals surface area contributed by atoms with Crippen molar-refractivity contribution in [3.63, 3.8) is 0 Å². The smallest absolute Gasteiger partial charge is 0.345 e. The van der Waals surface area contributed by atoms with E-state index in [-0.39, 0.29) is 17.4 Å². The molecular weight excluding hydrogens is 330 g/mol. The number of esters is 1. The molecule has 1 aromatic carbocycles. The summed E-state index contributed by atoms with van der Waals surface area (Å²) in [5.74, 6) is -0.316. The molecule has 0 aromatic heterocycles. The van der Waals surface area contributed by atoms with E-state index in [1.54, 1.807) is 0 Å². The van der Waals surface area contributed by atoms with Gasteiger partial charge in [0.25, 0.3) is 5.69 Å². The number of hydrogen-bond acceptors (Lipinski definition) is 5. The molecule has 0 amide bonds. The zero-order chi connectivity index (χ0) is 14.7. The SMILES string of the molecule is COC(=O)c1cc(OC2CCCC2)c(Br)cc1[N+](=O)[O-]. The molecule has 7 heteroatoms. The first-order valence-corrected chi connectivity index (χ1v) is 7.05. The van der Waals surface area contributed by atoms with Crippen LogP contribution < -0.4 is 4.74 Å². The first kappa shape index (κ1) is 14.8. The molecule has 108 valence electrons. The van der Waals surface area contributed by atoms with E-state index < -0.39 is 10.9 Å². The number of nitrogens with zero attached hydrogens (tertiary/aromatic N) is 1. The van der Waals surface area contributed by atoms with E-state index in [0.29, 0.717) is 10.2 Å². The molecule has 20 heavy (non-hydrogen) atoms. The lowest BCUT2D eigenvalue weighted by Gasteiger charge is -2.15. The molecule has 1 aliphatic rings. The third-order valence-corrected chi connectivity index (χ3v) is 3.87. The van der Waals surface area contributed by atoms with Gasteiger partial charge in [0.1, 0.15) is 11.3 Å². The second-order valence-corrected chi connectivity index (χ2v) is 5.43. The maximum absolute atomic E-state index is 11.6. The summed E-state index contributed by atoms with van der Waals surface area (Å²) in [5, 5.41) is 11.0. The highest BCUT2D eigenvalue weighted by Gasteiger charge is 2.26. The zero-order valence-corrected chi connectivity index (χ0v) is 12.5. The fourth-order valence-corrected chi connectivity index (χ4v) is 2.67. The van der Waals surface area contributed by atoms with Crippen molar-refractivity contribution < 1.29 is 19.2 Å². The van der Waals surface area contributed by atoms with Gasteiger partial charge in [-0.1, -0.05) is 0 Å². The summed E-state index contributed by atoms with van der Waals surface area (Å²) in [6, 6.07) is 2.64. The Morgan fingerprint density at radius 2 is 2.05 bits per heavy atom. The Morgan fingerprint density at radius 3 is 2.60 bits per heavy atom. The average molecular weight is 344 g/mol. The number of nitro groups is 1. The molecule has 0 unspecified atom stereocenters. The van der Waals surface area contributed by atoms with Crippen LogP contribution in [-0.2, 0) is 4.74 Å². The van der Waals surface area contributed by atoms with E-state index in [4.69, 9.17) is 4.74 Å². The Morgan fingerprint density at radius 1 is 1.40 bits per heavy atom. The quantitative estimate of drug-likeness (QED) is 0.475. The summed E-state index contributed by atoms with van der Waals surface area (Å²) >= 11 is 3.25. The standard InChI is InChI=1S/C13H14BrNO5/c1-19-13(16)9-6-12(20-8-4-2-3-5-8)10(14)7-11(9)15(17)18/h6-8H,2-5H2,1H3. The highest BCUT2D eigenvalue weighted by Crippen LogP contribution is 2.35. The topological polar surface area (TPSA) is 78.7 Å². The third kappa shape index (κ3) is 3.09. The molecule has 1 saturated carbocycles. The number of carbonyl (C=O) groups is 1. The van der Waals surface area contributed by atoms with Crippen molar-refractivity contribution in [2.45, 2.75) is 31.8 Å². The van der Waals surface area contributed by atoms with E-state index in [1.807, 2.05) is 0 Å². The van der Waals surface area contributed by atoms with Gasteiger partial charge in [-0.25, -0.2) is 4.79 Å². The van der Waals surface area contributed by atoms with Crippen LogP contribution >= 0.6 is 15.9 Å². The van der Waals surface area contributed by atoms with Crippen LogP contribution in [0.25, 0.3) is 0 Å². The summed E-state index contributed by atoms with van der Waals surface area (Å²) in [5.41, 5.74) is -0.406. The van der Waals surface area contributed by atoms with Crippen molar-refractivity contribution in [1.82, 2.24) is 0 Å². The second-order valence-electron chi connectivity index (χ2n) is 4.57. The molecule has 1 fully saturated rings. The molecule has 0 atom stereocenters. The Bertz CT molecular complexity index is 540. The van der Waals surface area contributed by atoms with Crippen LogP contribution in [0.4, 0.5) is 5.69 Å². The number of nitro benzene ring substituents is 1. The van der Waals surface area contributed by atoms with Crippen LogP contribution in [0.1, 0.15) is 36.0 Å². The highest BCUT2D eigenvalue weighted by atomic mass is 79.9. The third-order valence-electron chi connectivity index (χ3n) is 3.25. The number of hydrogen-bond donors (Lipinski definition) is 0. The van der Waals surface area contributed by atoms with Crippen molar-refractivity contribution in [3.8, 4) is 5.75 Å². The van der Waals surface area contributed by atoms with E-state index >= 15 is 0 Å². The summed E-state index contributed by atoms with van der Waals surface area (Å²) in [6.45, 7) is 0. The minimum atomic E-state index is -0.750. The van der Waals surface area contributed by atoms with E-state index in [2.05, 4.69) is 20.7 Å². The molecule has 6 nitrogen and oxygen atoms in total. The number of benzene rings is 1. The summed E-state index contributed by atoms with van der Waals surface area (Å²) < 4.78 is 10.8. The molecule has 0 spiro atoms. The van der Waals surface area contributed by atoms with Crippen molar-refractivity contribution in [3.05, 3.63) is 32.3 Å². The lowest BCUT2D eigenvalue weighted by molar-refractivity contribution is -0.385. The molecule has 0 radical (unpaired) electrons. The second kappa shape index (κ2) is 6.21. The van der Waals surface area contributed by atoms with Crippen LogP contribution in [-0.4, -0.2) is 24.1 Å². The summed E-state index contributed by atoms with van der Waals surface area (Å²) in [6.07, 6.45) is 4.23. The Labute approximate surface area is 124 Å². The fourth-order valence-electron chi connectivity index (χ4n) is 2.24. The maximum atomic E-state index is 11.6. The number of rotatable bonds is 4. The lowest BCUT2D eigenvalue weighted by Crippen LogP contribution is -2.13. The minimum absolute atomic E-state index is 0.0956. The molecular formula is C13H14BrNO5. The van der Waals surface area contributed by atoms with Gasteiger partial charge >= 0.3 is 5.97 Å². The molecule has 1 aliphatic carbocycles. The normalized spacial score (nSPS) is 15.1. The van der Waals surface area contributed by atoms with Gasteiger partial charge in [-0.15, -0.1) is 0 Å². The van der Waals surface area contributed by atoms with Crippen molar-refractivity contribution in [2.24, 2.45) is 0 Å². The van der Waals surface area contributed by atoms with Crippen LogP contribution in [0.15, 0.2) is 16.6 Å². The Kier molecular flexibility index (Phi) is 4.59. The maximum Gasteiger partial charge on any atom is 0.345 e. The monoisotopic (exact) mass is 343 g/mol. The van der Waals surface area contributed by atoms with Crippen LogP contribution in [0.2, 0.25) is 0 Å². The Balaban J connectivity index is 2.37. The summed E-state index contributed by atoms with van der Waals surface area (Å²) in [4.78, 5) is 22.0. The van der Waals surface area contributed by atoms with Gasteiger partial charge < -0.3 is 9.47 Å². The van der Waals surface area contributed by atoms with Gasteiger partial charge in [-0.2, -0.15) is 0 Å². The number of methoxy groups -OCH3 is 1. The van der Waals surface area contributed by atoms with Crippen LogP contribution in [0.3, 0.4) is 0 Å².